The monoisotopic (exact) mass is 194 g/mol. The second-order valence-corrected chi connectivity index (χ2v) is 4.13. The van der Waals surface area contributed by atoms with E-state index >= 15 is 0 Å². The highest BCUT2D eigenvalue weighted by atomic mass is 15.3. The minimum absolute atomic E-state index is 0.257. The van der Waals surface area contributed by atoms with Crippen LogP contribution in [0.15, 0.2) is 12.3 Å². The zero-order chi connectivity index (χ0) is 9.97. The predicted molar refractivity (Wildman–Crippen MR) is 55.2 cm³/mol. The van der Waals surface area contributed by atoms with Gasteiger partial charge >= 0.3 is 0 Å². The summed E-state index contributed by atoms with van der Waals surface area (Å²) in [5.74, 6) is 6.42. The average molecular weight is 194 g/mol. The molecule has 0 aliphatic heterocycles. The molecule has 1 aliphatic rings. The molecular weight excluding hydrogens is 176 g/mol. The quantitative estimate of drug-likeness (QED) is 0.557. The molecule has 78 valence electrons. The molecule has 4 heteroatoms. The molecule has 1 aromatic rings. The van der Waals surface area contributed by atoms with Crippen molar-refractivity contribution in [1.29, 1.82) is 0 Å². The Bertz CT molecular complexity index is 290. The predicted octanol–water partition coefficient (Wildman–Crippen LogP) is 1.11. The lowest BCUT2D eigenvalue weighted by Gasteiger charge is -2.29. The summed E-state index contributed by atoms with van der Waals surface area (Å²) in [7, 11) is 1.96. The van der Waals surface area contributed by atoms with Crippen molar-refractivity contribution in [2.24, 2.45) is 18.8 Å². The molecule has 1 fully saturated rings. The fraction of sp³-hybridized carbons (Fsp3) is 0.700. The van der Waals surface area contributed by atoms with Gasteiger partial charge in [0.15, 0.2) is 0 Å². The molecule has 1 heterocycles. The number of rotatable bonds is 4. The van der Waals surface area contributed by atoms with E-state index in [0.717, 1.165) is 12.3 Å². The van der Waals surface area contributed by atoms with E-state index < -0.39 is 0 Å². The van der Waals surface area contributed by atoms with Crippen molar-refractivity contribution < 1.29 is 0 Å². The number of hydrazine groups is 1. The van der Waals surface area contributed by atoms with Crippen molar-refractivity contribution in [3.63, 3.8) is 0 Å². The Morgan fingerprint density at radius 1 is 1.71 bits per heavy atom. The van der Waals surface area contributed by atoms with Crippen molar-refractivity contribution in [1.82, 2.24) is 15.2 Å². The fourth-order valence-electron chi connectivity index (χ4n) is 2.06. The van der Waals surface area contributed by atoms with Crippen molar-refractivity contribution in [2.45, 2.75) is 31.7 Å². The number of hydrogen-bond donors (Lipinski definition) is 2. The Morgan fingerprint density at radius 2 is 2.50 bits per heavy atom. The summed E-state index contributed by atoms with van der Waals surface area (Å²) >= 11 is 0. The summed E-state index contributed by atoms with van der Waals surface area (Å²) in [6, 6.07) is 2.29. The zero-order valence-corrected chi connectivity index (χ0v) is 8.61. The van der Waals surface area contributed by atoms with Gasteiger partial charge in [0, 0.05) is 13.2 Å². The molecule has 0 saturated heterocycles. The third kappa shape index (κ3) is 1.81. The second kappa shape index (κ2) is 4.11. The van der Waals surface area contributed by atoms with Crippen LogP contribution in [0.25, 0.3) is 0 Å². The van der Waals surface area contributed by atoms with Gasteiger partial charge in [-0.1, -0.05) is 19.3 Å². The van der Waals surface area contributed by atoms with Gasteiger partial charge in [0.25, 0.3) is 0 Å². The van der Waals surface area contributed by atoms with E-state index in [1.54, 1.807) is 0 Å². The summed E-state index contributed by atoms with van der Waals surface area (Å²) in [5.41, 5.74) is 4.06. The Morgan fingerprint density at radius 3 is 2.93 bits per heavy atom. The standard InChI is InChI=1S/C10H18N4/c1-14-10(5-6-12-14)9(13-11)7-8-3-2-4-8/h5-6,8-9,13H,2-4,7,11H2,1H3. The molecule has 1 unspecified atom stereocenters. The van der Waals surface area contributed by atoms with E-state index in [9.17, 15) is 0 Å². The van der Waals surface area contributed by atoms with Crippen LogP contribution in [0.3, 0.4) is 0 Å². The molecular formula is C10H18N4. The molecule has 0 spiro atoms. The van der Waals surface area contributed by atoms with Crippen LogP contribution in [0.2, 0.25) is 0 Å². The van der Waals surface area contributed by atoms with Crippen LogP contribution in [-0.4, -0.2) is 9.78 Å². The van der Waals surface area contributed by atoms with Gasteiger partial charge in [-0.05, 0) is 18.4 Å². The van der Waals surface area contributed by atoms with Crippen LogP contribution < -0.4 is 11.3 Å². The van der Waals surface area contributed by atoms with Gasteiger partial charge in [-0.15, -0.1) is 0 Å². The van der Waals surface area contributed by atoms with Gasteiger partial charge in [-0.3, -0.25) is 16.0 Å². The van der Waals surface area contributed by atoms with Crippen LogP contribution in [0.5, 0.6) is 0 Å². The number of nitrogens with one attached hydrogen (secondary N) is 1. The summed E-state index contributed by atoms with van der Waals surface area (Å²) in [5, 5.41) is 4.16. The van der Waals surface area contributed by atoms with E-state index in [-0.39, 0.29) is 6.04 Å². The number of aryl methyl sites for hydroxylation is 1. The Kier molecular flexibility index (Phi) is 2.84. The first-order valence-electron chi connectivity index (χ1n) is 5.25. The summed E-state index contributed by atoms with van der Waals surface area (Å²) < 4.78 is 1.89. The third-order valence-corrected chi connectivity index (χ3v) is 3.21. The number of nitrogens with zero attached hydrogens (tertiary/aromatic N) is 2. The first kappa shape index (κ1) is 9.68. The average Bonchev–Trinajstić information content (AvgIpc) is 2.51. The lowest BCUT2D eigenvalue weighted by Crippen LogP contribution is -2.32. The Balaban J connectivity index is 2.01. The molecule has 2 rings (SSSR count). The highest BCUT2D eigenvalue weighted by Crippen LogP contribution is 2.34. The number of nitrogens with two attached hydrogens (primary N) is 1. The molecule has 0 aromatic carbocycles. The molecule has 1 atom stereocenters. The zero-order valence-electron chi connectivity index (χ0n) is 8.61. The number of aromatic nitrogens is 2. The molecule has 0 radical (unpaired) electrons. The van der Waals surface area contributed by atoms with Gasteiger partial charge in [0.1, 0.15) is 0 Å². The first-order chi connectivity index (χ1) is 6.81. The van der Waals surface area contributed by atoms with Crippen LogP contribution in [0, 0.1) is 5.92 Å². The smallest absolute Gasteiger partial charge is 0.0631 e. The fourth-order valence-corrected chi connectivity index (χ4v) is 2.06. The van der Waals surface area contributed by atoms with E-state index in [2.05, 4.69) is 10.5 Å². The van der Waals surface area contributed by atoms with Gasteiger partial charge in [0.05, 0.1) is 11.7 Å². The minimum atomic E-state index is 0.257. The van der Waals surface area contributed by atoms with Crippen molar-refractivity contribution >= 4 is 0 Å². The number of hydrogen-bond acceptors (Lipinski definition) is 3. The maximum absolute atomic E-state index is 5.57. The highest BCUT2D eigenvalue weighted by molar-refractivity contribution is 5.06. The van der Waals surface area contributed by atoms with E-state index in [1.807, 2.05) is 24.0 Å². The van der Waals surface area contributed by atoms with Crippen molar-refractivity contribution in [3.05, 3.63) is 18.0 Å². The Labute approximate surface area is 84.4 Å². The SMILES string of the molecule is Cn1nccc1C(CC1CCC1)NN. The van der Waals surface area contributed by atoms with Crippen LogP contribution >= 0.6 is 0 Å². The topological polar surface area (TPSA) is 55.9 Å². The van der Waals surface area contributed by atoms with Crippen LogP contribution in [0.4, 0.5) is 0 Å². The van der Waals surface area contributed by atoms with Crippen molar-refractivity contribution in [3.8, 4) is 0 Å². The summed E-state index contributed by atoms with van der Waals surface area (Å²) in [4.78, 5) is 0. The molecule has 3 N–H and O–H groups in total. The van der Waals surface area contributed by atoms with Gasteiger partial charge in [-0.25, -0.2) is 0 Å². The van der Waals surface area contributed by atoms with E-state index in [0.29, 0.717) is 0 Å². The van der Waals surface area contributed by atoms with Crippen LogP contribution in [0.1, 0.15) is 37.4 Å². The van der Waals surface area contributed by atoms with Crippen molar-refractivity contribution in [2.75, 3.05) is 0 Å². The highest BCUT2D eigenvalue weighted by Gasteiger charge is 2.23. The normalized spacial score (nSPS) is 19.3. The molecule has 1 aliphatic carbocycles. The van der Waals surface area contributed by atoms with Gasteiger partial charge < -0.3 is 0 Å². The van der Waals surface area contributed by atoms with E-state index in [4.69, 9.17) is 5.84 Å². The summed E-state index contributed by atoms with van der Waals surface area (Å²) in [6.45, 7) is 0. The second-order valence-electron chi connectivity index (χ2n) is 4.13. The van der Waals surface area contributed by atoms with E-state index in [1.165, 1.54) is 25.0 Å². The van der Waals surface area contributed by atoms with Gasteiger partial charge in [-0.2, -0.15) is 5.10 Å². The molecule has 14 heavy (non-hydrogen) atoms. The molecule has 4 nitrogen and oxygen atoms in total. The first-order valence-corrected chi connectivity index (χ1v) is 5.25. The molecule has 0 amide bonds. The maximum Gasteiger partial charge on any atom is 0.0631 e. The molecule has 1 aromatic heterocycles. The minimum Gasteiger partial charge on any atom is -0.271 e. The summed E-state index contributed by atoms with van der Waals surface area (Å²) in [6.07, 6.45) is 7.05. The molecule has 1 saturated carbocycles. The Hall–Kier alpha value is -0.870. The van der Waals surface area contributed by atoms with Gasteiger partial charge in [0.2, 0.25) is 0 Å². The third-order valence-electron chi connectivity index (χ3n) is 3.21. The lowest BCUT2D eigenvalue weighted by molar-refractivity contribution is 0.257. The molecule has 0 bridgehead atoms. The van der Waals surface area contributed by atoms with Crippen LogP contribution in [-0.2, 0) is 7.05 Å². The largest absolute Gasteiger partial charge is 0.271 e. The lowest BCUT2D eigenvalue weighted by atomic mass is 9.80. The maximum atomic E-state index is 5.57.